The molecule has 3 aliphatic rings. The zero-order chi connectivity index (χ0) is 20.6. The average molecular weight is 433 g/mol. The van der Waals surface area contributed by atoms with E-state index in [-0.39, 0.29) is 24.7 Å². The van der Waals surface area contributed by atoms with Gasteiger partial charge in [-0.25, -0.2) is 4.79 Å². The van der Waals surface area contributed by atoms with Gasteiger partial charge in [-0.3, -0.25) is 4.90 Å². The molecule has 6 nitrogen and oxygen atoms in total. The van der Waals surface area contributed by atoms with Gasteiger partial charge < -0.3 is 15.4 Å². The lowest BCUT2D eigenvalue weighted by molar-refractivity contribution is 0.0457. The molecular weight excluding hydrogens is 411 g/mol. The van der Waals surface area contributed by atoms with Crippen LogP contribution in [0.5, 0.6) is 0 Å². The number of hydrogen-bond acceptors (Lipinski definition) is 4. The monoisotopic (exact) mass is 432 g/mol. The van der Waals surface area contributed by atoms with E-state index in [2.05, 4.69) is 12.1 Å². The number of nitrogens with zero attached hydrogens (tertiary/aromatic N) is 3. The largest absolute Gasteiger partial charge is 0.358 e. The van der Waals surface area contributed by atoms with Gasteiger partial charge in [-0.05, 0) is 49.5 Å². The predicted molar refractivity (Wildman–Crippen MR) is 113 cm³/mol. The number of ether oxygens (including phenoxy) is 1. The molecule has 29 heavy (non-hydrogen) atoms. The van der Waals surface area contributed by atoms with Crippen molar-refractivity contribution < 1.29 is 9.53 Å². The fraction of sp³-hybridized carbons (Fsp3) is 0.429. The Labute approximate surface area is 180 Å². The molecule has 0 saturated carbocycles. The van der Waals surface area contributed by atoms with Crippen LogP contribution < -0.4 is 10.6 Å². The highest BCUT2D eigenvalue weighted by Gasteiger charge is 2.51. The number of carbonyl (C=O) groups is 1. The number of halogens is 2. The number of anilines is 1. The van der Waals surface area contributed by atoms with Crippen molar-refractivity contribution in [3.8, 4) is 6.07 Å². The summed E-state index contributed by atoms with van der Waals surface area (Å²) >= 11 is 12.3. The lowest BCUT2D eigenvalue weighted by Gasteiger charge is -2.39. The Morgan fingerprint density at radius 1 is 1.31 bits per heavy atom. The highest BCUT2D eigenvalue weighted by molar-refractivity contribution is 6.35. The van der Waals surface area contributed by atoms with E-state index < -0.39 is 5.54 Å². The molecule has 2 N–H and O–H groups in total. The highest BCUT2D eigenvalue weighted by Crippen LogP contribution is 2.40. The molecule has 0 spiro atoms. The van der Waals surface area contributed by atoms with Crippen molar-refractivity contribution in [2.24, 2.45) is 11.7 Å². The van der Waals surface area contributed by atoms with Crippen LogP contribution in [0.15, 0.2) is 42.0 Å². The zero-order valence-corrected chi connectivity index (χ0v) is 17.4. The molecule has 3 unspecified atom stereocenters. The molecule has 2 heterocycles. The number of amides is 2. The summed E-state index contributed by atoms with van der Waals surface area (Å²) in [6.45, 7) is 1.01. The summed E-state index contributed by atoms with van der Waals surface area (Å²) in [7, 11) is 0. The van der Waals surface area contributed by atoms with Gasteiger partial charge in [0.15, 0.2) is 0 Å². The van der Waals surface area contributed by atoms with Gasteiger partial charge in [-0.1, -0.05) is 35.4 Å². The number of carbonyl (C=O) groups excluding carboxylic acids is 1. The van der Waals surface area contributed by atoms with Crippen LogP contribution in [0.1, 0.15) is 19.3 Å². The average Bonchev–Trinajstić information content (AvgIpc) is 2.94. The van der Waals surface area contributed by atoms with Crippen molar-refractivity contribution in [3.05, 3.63) is 52.0 Å². The lowest BCUT2D eigenvalue weighted by Crippen LogP contribution is -2.52. The van der Waals surface area contributed by atoms with Crippen molar-refractivity contribution >= 4 is 34.9 Å². The van der Waals surface area contributed by atoms with Gasteiger partial charge in [0.25, 0.3) is 0 Å². The van der Waals surface area contributed by atoms with Crippen molar-refractivity contribution in [3.63, 3.8) is 0 Å². The van der Waals surface area contributed by atoms with Crippen LogP contribution in [0.4, 0.5) is 10.5 Å². The van der Waals surface area contributed by atoms with Crippen molar-refractivity contribution in [2.45, 2.75) is 30.8 Å². The van der Waals surface area contributed by atoms with Crippen LogP contribution in [0, 0.1) is 17.2 Å². The summed E-state index contributed by atoms with van der Waals surface area (Å²) in [6, 6.07) is 6.95. The number of hydrogen-bond donors (Lipinski definition) is 1. The first-order chi connectivity index (χ1) is 13.9. The van der Waals surface area contributed by atoms with E-state index in [9.17, 15) is 4.79 Å². The Kier molecular flexibility index (Phi) is 5.58. The Balaban J connectivity index is 1.61. The number of urea groups is 1. The smallest absolute Gasteiger partial charge is 0.326 e. The number of fused-ring (bicyclic) bond motifs is 1. The third-order valence-corrected chi connectivity index (χ3v) is 6.24. The van der Waals surface area contributed by atoms with E-state index in [4.69, 9.17) is 38.9 Å². The van der Waals surface area contributed by atoms with Gasteiger partial charge in [-0.15, -0.1) is 0 Å². The molecule has 2 aliphatic heterocycles. The normalized spacial score (nSPS) is 29.3. The molecule has 3 atom stereocenters. The van der Waals surface area contributed by atoms with Crippen LogP contribution in [-0.4, -0.2) is 42.4 Å². The Bertz CT molecular complexity index is 905. The second-order valence-corrected chi connectivity index (χ2v) is 8.82. The quantitative estimate of drug-likeness (QED) is 0.778. The second-order valence-electron chi connectivity index (χ2n) is 7.95. The van der Waals surface area contributed by atoms with Crippen molar-refractivity contribution in [1.82, 2.24) is 4.90 Å². The fourth-order valence-electron chi connectivity index (χ4n) is 4.56. The molecule has 8 heteroatoms. The third-order valence-electron chi connectivity index (χ3n) is 5.80. The SMILES string of the molecule is N#CC1=CCC(CC23COCN(c4cc(Cl)cc(Cl)c4)C(=O)N2CC(N)C3)C=C1. The fourth-order valence-corrected chi connectivity index (χ4v) is 5.07. The van der Waals surface area contributed by atoms with E-state index in [1.54, 1.807) is 23.1 Å². The van der Waals surface area contributed by atoms with Crippen LogP contribution in [-0.2, 0) is 4.74 Å². The first kappa shape index (κ1) is 20.2. The molecule has 2 fully saturated rings. The maximum absolute atomic E-state index is 13.5. The van der Waals surface area contributed by atoms with Gasteiger partial charge in [0.2, 0.25) is 0 Å². The minimum absolute atomic E-state index is 0.108. The molecule has 0 aromatic heterocycles. The third kappa shape index (κ3) is 4.01. The summed E-state index contributed by atoms with van der Waals surface area (Å²) in [5, 5.41) is 9.97. The van der Waals surface area contributed by atoms with Gasteiger partial charge in [0.05, 0.1) is 23.9 Å². The molecular formula is C21H22Cl2N4O2. The van der Waals surface area contributed by atoms with Crippen LogP contribution in [0.2, 0.25) is 10.0 Å². The van der Waals surface area contributed by atoms with Gasteiger partial charge >= 0.3 is 6.03 Å². The Hall–Kier alpha value is -2.04. The molecule has 2 amide bonds. The molecule has 4 rings (SSSR count). The van der Waals surface area contributed by atoms with Gasteiger partial charge in [-0.2, -0.15) is 5.26 Å². The van der Waals surface area contributed by atoms with E-state index in [0.717, 1.165) is 12.8 Å². The summed E-state index contributed by atoms with van der Waals surface area (Å²) in [4.78, 5) is 16.9. The van der Waals surface area contributed by atoms with Crippen LogP contribution in [0.25, 0.3) is 0 Å². The minimum atomic E-state index is -0.472. The summed E-state index contributed by atoms with van der Waals surface area (Å²) < 4.78 is 5.99. The van der Waals surface area contributed by atoms with E-state index in [1.807, 2.05) is 17.1 Å². The molecule has 0 bridgehead atoms. The number of nitrogens with two attached hydrogens (primary N) is 1. The lowest BCUT2D eigenvalue weighted by atomic mass is 9.81. The summed E-state index contributed by atoms with van der Waals surface area (Å²) in [5.41, 5.74) is 7.10. The summed E-state index contributed by atoms with van der Waals surface area (Å²) in [5.74, 6) is 0.225. The topological polar surface area (TPSA) is 82.6 Å². The first-order valence-corrected chi connectivity index (χ1v) is 10.3. The Morgan fingerprint density at radius 3 is 2.72 bits per heavy atom. The van der Waals surface area contributed by atoms with Crippen molar-refractivity contribution in [2.75, 3.05) is 24.8 Å². The number of benzene rings is 1. The summed E-state index contributed by atoms with van der Waals surface area (Å²) in [6.07, 6.45) is 8.04. The van der Waals surface area contributed by atoms with E-state index >= 15 is 0 Å². The van der Waals surface area contributed by atoms with Crippen molar-refractivity contribution in [1.29, 1.82) is 5.26 Å². The molecule has 1 aromatic rings. The van der Waals surface area contributed by atoms with Gasteiger partial charge in [0.1, 0.15) is 6.73 Å². The predicted octanol–water partition coefficient (Wildman–Crippen LogP) is 4.10. The Morgan fingerprint density at radius 2 is 2.07 bits per heavy atom. The number of allylic oxidation sites excluding steroid dienone is 4. The standard InChI is InChI=1S/C21H22Cl2N4O2/c22-16-5-17(23)7-19(6-16)26-13-29-12-21(9-18(25)11-27(21)20(26)28)8-14-1-3-15(10-24)4-2-14/h1,3-7,14,18H,2,8-9,11-13,25H2. The van der Waals surface area contributed by atoms with Crippen LogP contribution in [0.3, 0.4) is 0 Å². The molecule has 1 aliphatic carbocycles. The van der Waals surface area contributed by atoms with Gasteiger partial charge in [0, 0.05) is 28.2 Å². The minimum Gasteiger partial charge on any atom is -0.358 e. The molecule has 0 radical (unpaired) electrons. The second kappa shape index (κ2) is 8.00. The zero-order valence-electron chi connectivity index (χ0n) is 15.9. The molecule has 152 valence electrons. The first-order valence-electron chi connectivity index (χ1n) is 9.57. The highest BCUT2D eigenvalue weighted by atomic mass is 35.5. The molecule has 1 aromatic carbocycles. The molecule has 2 saturated heterocycles. The number of rotatable bonds is 3. The maximum Gasteiger partial charge on any atom is 0.326 e. The van der Waals surface area contributed by atoms with Crippen LogP contribution >= 0.6 is 23.2 Å². The van der Waals surface area contributed by atoms with E-state index in [0.29, 0.717) is 40.9 Å². The maximum atomic E-state index is 13.5. The number of nitriles is 1. The van der Waals surface area contributed by atoms with E-state index in [1.165, 1.54) is 0 Å².